The van der Waals surface area contributed by atoms with Crippen LogP contribution in [0, 0.1) is 0 Å². The van der Waals surface area contributed by atoms with Crippen molar-refractivity contribution in [3.63, 3.8) is 0 Å². The van der Waals surface area contributed by atoms with Crippen LogP contribution in [-0.4, -0.2) is 20.6 Å². The summed E-state index contributed by atoms with van der Waals surface area (Å²) in [5.74, 6) is 0. The second-order valence-corrected chi connectivity index (χ2v) is 17.8. The Hall–Kier alpha value is -1.67. The summed E-state index contributed by atoms with van der Waals surface area (Å²) in [5.41, 5.74) is 2.39. The van der Waals surface area contributed by atoms with Crippen molar-refractivity contribution >= 4 is 26.1 Å². The number of hydrogen-bond donors (Lipinski definition) is 0. The first kappa shape index (κ1) is 24.0. The Bertz CT molecular complexity index is 928. The van der Waals surface area contributed by atoms with E-state index in [1.54, 1.807) is 0 Å². The number of allylic oxidation sites excluding steroid dienone is 2. The van der Waals surface area contributed by atoms with Gasteiger partial charge in [-0.1, -0.05) is 99.7 Å². The minimum atomic E-state index is -2.75. The monoisotopic (exact) mass is 452 g/mol. The summed E-state index contributed by atoms with van der Waals surface area (Å²) in [4.78, 5) is 0. The summed E-state index contributed by atoms with van der Waals surface area (Å²) in [5, 5.41) is 2.02. The summed E-state index contributed by atoms with van der Waals surface area (Å²) in [6, 6.07) is 19.8. The van der Waals surface area contributed by atoms with E-state index in [-0.39, 0.29) is 11.1 Å². The van der Waals surface area contributed by atoms with E-state index < -0.39 is 15.5 Å². The maximum Gasteiger partial charge on any atom is 0.192 e. The molecule has 3 rings (SSSR count). The van der Waals surface area contributed by atoms with Gasteiger partial charge in [-0.25, -0.2) is 0 Å². The van der Waals surface area contributed by atoms with Gasteiger partial charge in [0.25, 0.3) is 0 Å². The maximum absolute atomic E-state index is 14.3. The van der Waals surface area contributed by atoms with Crippen LogP contribution in [0.5, 0.6) is 0 Å². The predicted molar refractivity (Wildman–Crippen MR) is 138 cm³/mol. The van der Waals surface area contributed by atoms with Crippen LogP contribution >= 0.6 is 7.14 Å². The highest BCUT2D eigenvalue weighted by Gasteiger charge is 2.40. The molecule has 2 aromatic carbocycles. The summed E-state index contributed by atoms with van der Waals surface area (Å²) < 4.78 is 21.0. The van der Waals surface area contributed by atoms with Crippen molar-refractivity contribution in [3.05, 3.63) is 84.5 Å². The Morgan fingerprint density at radius 1 is 1.03 bits per heavy atom. The van der Waals surface area contributed by atoms with Gasteiger partial charge in [-0.05, 0) is 43.0 Å². The van der Waals surface area contributed by atoms with Crippen LogP contribution in [0.15, 0.2) is 84.5 Å². The molecule has 1 atom stereocenters. The third-order valence-electron chi connectivity index (χ3n) is 6.88. The van der Waals surface area contributed by atoms with Crippen molar-refractivity contribution < 1.29 is 8.99 Å². The second kappa shape index (κ2) is 9.44. The van der Waals surface area contributed by atoms with E-state index in [2.05, 4.69) is 46.5 Å². The van der Waals surface area contributed by atoms with E-state index in [1.807, 2.05) is 60.7 Å². The largest absolute Gasteiger partial charge is 0.414 e. The normalized spacial score (nSPS) is 19.6. The zero-order valence-electron chi connectivity index (χ0n) is 19.7. The minimum Gasteiger partial charge on any atom is -0.414 e. The van der Waals surface area contributed by atoms with Crippen molar-refractivity contribution in [2.24, 2.45) is 0 Å². The molecule has 0 spiro atoms. The molecule has 0 unspecified atom stereocenters. The lowest BCUT2D eigenvalue weighted by Gasteiger charge is -2.41. The second-order valence-electron chi connectivity index (χ2n) is 10.2. The average Bonchev–Trinajstić information content (AvgIpc) is 2.74. The molecule has 0 amide bonds. The Kier molecular flexibility index (Phi) is 7.31. The topological polar surface area (TPSA) is 26.3 Å². The fraction of sp³-hybridized carbons (Fsp3) is 0.407. The number of hydrogen-bond acceptors (Lipinski definition) is 2. The molecule has 0 bridgehead atoms. The summed E-state index contributed by atoms with van der Waals surface area (Å²) in [7, 11) is -4.57. The van der Waals surface area contributed by atoms with Crippen LogP contribution in [-0.2, 0) is 8.99 Å². The van der Waals surface area contributed by atoms with Gasteiger partial charge in [0.1, 0.15) is 7.14 Å². The molecule has 31 heavy (non-hydrogen) atoms. The molecule has 166 valence electrons. The van der Waals surface area contributed by atoms with E-state index >= 15 is 0 Å². The van der Waals surface area contributed by atoms with Crippen molar-refractivity contribution in [1.29, 1.82) is 0 Å². The molecule has 1 aliphatic carbocycles. The number of benzene rings is 2. The SMILES string of the molecule is C=C1CC[C@@H](O[Si](C)(C)C(C)(C)C)C/C1=C\CP(=O)(c1ccccc1)c1ccccc1. The average molecular weight is 453 g/mol. The summed E-state index contributed by atoms with van der Waals surface area (Å²) in [6.45, 7) is 15.8. The van der Waals surface area contributed by atoms with E-state index in [1.165, 1.54) is 11.1 Å². The lowest BCUT2D eigenvalue weighted by atomic mass is 9.89. The lowest BCUT2D eigenvalue weighted by molar-refractivity contribution is 0.164. The zero-order valence-corrected chi connectivity index (χ0v) is 21.6. The van der Waals surface area contributed by atoms with E-state index in [0.717, 1.165) is 29.9 Å². The minimum absolute atomic E-state index is 0.196. The molecular formula is C27H37O2PSi. The molecule has 0 aliphatic heterocycles. The van der Waals surface area contributed by atoms with Crippen LogP contribution in [0.3, 0.4) is 0 Å². The molecule has 2 nitrogen and oxygen atoms in total. The molecule has 1 fully saturated rings. The quantitative estimate of drug-likeness (QED) is 0.346. The van der Waals surface area contributed by atoms with Crippen molar-refractivity contribution in [2.75, 3.05) is 6.16 Å². The molecule has 4 heteroatoms. The first-order chi connectivity index (χ1) is 14.5. The molecule has 0 radical (unpaired) electrons. The molecular weight excluding hydrogens is 415 g/mol. The zero-order chi connectivity index (χ0) is 22.7. The Morgan fingerprint density at radius 3 is 2.03 bits per heavy atom. The number of rotatable bonds is 6. The van der Waals surface area contributed by atoms with Gasteiger partial charge in [0.15, 0.2) is 8.32 Å². The molecule has 0 saturated heterocycles. The van der Waals surface area contributed by atoms with Gasteiger partial charge in [-0.3, -0.25) is 0 Å². The van der Waals surface area contributed by atoms with Crippen LogP contribution in [0.25, 0.3) is 0 Å². The highest BCUT2D eigenvalue weighted by Crippen LogP contribution is 2.45. The highest BCUT2D eigenvalue weighted by atomic mass is 31.2. The molecule has 0 aromatic heterocycles. The molecule has 0 N–H and O–H groups in total. The van der Waals surface area contributed by atoms with Gasteiger partial charge in [0.05, 0.1) is 0 Å². The Morgan fingerprint density at radius 2 is 1.55 bits per heavy atom. The standard InChI is InChI=1S/C27H37O2PSi/c1-22-17-18-24(29-31(5,6)27(2,3)4)21-23(22)19-20-30(28,25-13-9-7-10-14-25)26-15-11-8-12-16-26/h7-16,19,24H,1,17-18,20-21H2,2-6H3/b23-19+/t24-/m1/s1. The van der Waals surface area contributed by atoms with Crippen molar-refractivity contribution in [1.82, 2.24) is 0 Å². The Labute approximate surface area is 189 Å². The maximum atomic E-state index is 14.3. The van der Waals surface area contributed by atoms with E-state index in [9.17, 15) is 4.57 Å². The summed E-state index contributed by atoms with van der Waals surface area (Å²) >= 11 is 0. The van der Waals surface area contributed by atoms with Crippen LogP contribution in [0.4, 0.5) is 0 Å². The van der Waals surface area contributed by atoms with Gasteiger partial charge in [0, 0.05) is 22.9 Å². The third-order valence-corrected chi connectivity index (χ3v) is 14.4. The van der Waals surface area contributed by atoms with Gasteiger partial charge < -0.3 is 8.99 Å². The fourth-order valence-electron chi connectivity index (χ4n) is 3.85. The van der Waals surface area contributed by atoms with Crippen LogP contribution < -0.4 is 10.6 Å². The first-order valence-corrected chi connectivity index (χ1v) is 16.1. The fourth-order valence-corrected chi connectivity index (χ4v) is 7.74. The van der Waals surface area contributed by atoms with E-state index in [4.69, 9.17) is 4.43 Å². The van der Waals surface area contributed by atoms with Gasteiger partial charge in [-0.2, -0.15) is 0 Å². The van der Waals surface area contributed by atoms with E-state index in [0.29, 0.717) is 6.16 Å². The van der Waals surface area contributed by atoms with Crippen LogP contribution in [0.1, 0.15) is 40.0 Å². The first-order valence-electron chi connectivity index (χ1n) is 11.3. The summed E-state index contributed by atoms with van der Waals surface area (Å²) in [6.07, 6.45) is 5.77. The molecule has 2 aromatic rings. The Balaban J connectivity index is 1.86. The predicted octanol–water partition coefficient (Wildman–Crippen LogP) is 7.06. The lowest BCUT2D eigenvalue weighted by Crippen LogP contribution is -2.44. The third kappa shape index (κ3) is 5.58. The van der Waals surface area contributed by atoms with Crippen molar-refractivity contribution in [2.45, 2.75) is 64.3 Å². The highest BCUT2D eigenvalue weighted by molar-refractivity contribution is 7.78. The van der Waals surface area contributed by atoms with Gasteiger partial charge in [-0.15, -0.1) is 0 Å². The molecule has 1 aliphatic rings. The molecule has 0 heterocycles. The smallest absolute Gasteiger partial charge is 0.192 e. The molecule has 1 saturated carbocycles. The van der Waals surface area contributed by atoms with Gasteiger partial charge >= 0.3 is 0 Å². The van der Waals surface area contributed by atoms with Crippen molar-refractivity contribution in [3.8, 4) is 0 Å². The van der Waals surface area contributed by atoms with Crippen LogP contribution in [0.2, 0.25) is 18.1 Å². The van der Waals surface area contributed by atoms with Gasteiger partial charge in [0.2, 0.25) is 0 Å².